The van der Waals surface area contributed by atoms with Gasteiger partial charge in [0, 0.05) is 12.4 Å². The van der Waals surface area contributed by atoms with Crippen LogP contribution in [0.3, 0.4) is 0 Å². The maximum absolute atomic E-state index is 11.8. The molecule has 1 nitrogen and oxygen atoms in total. The van der Waals surface area contributed by atoms with Gasteiger partial charge in [0.05, 0.1) is 5.57 Å². The quantitative estimate of drug-likeness (QED) is 0.555. The van der Waals surface area contributed by atoms with E-state index in [1.807, 2.05) is 0 Å². The van der Waals surface area contributed by atoms with E-state index in [-0.39, 0.29) is 0 Å². The number of hydrogen-bond acceptors (Lipinski definition) is 1. The lowest BCUT2D eigenvalue weighted by Gasteiger charge is -2.04. The lowest BCUT2D eigenvalue weighted by Crippen LogP contribution is -2.12. The number of halogens is 3. The molecule has 0 rings (SSSR count). The number of nitrogens with zero attached hydrogens (tertiary/aromatic N) is 1. The Kier molecular flexibility index (Phi) is 3.57. The minimum atomic E-state index is -4.32. The summed E-state index contributed by atoms with van der Waals surface area (Å²) in [5, 5.41) is 0. The van der Waals surface area contributed by atoms with Crippen LogP contribution in [-0.4, -0.2) is 12.4 Å². The number of hydrogen-bond donors (Lipinski definition) is 0. The second kappa shape index (κ2) is 3.95. The molecule has 0 unspecified atom stereocenters. The van der Waals surface area contributed by atoms with E-state index in [9.17, 15) is 13.2 Å². The van der Waals surface area contributed by atoms with E-state index in [0.29, 0.717) is 0 Å². The molecule has 0 aromatic carbocycles. The Morgan fingerprint density at radius 3 is 2.27 bits per heavy atom. The van der Waals surface area contributed by atoms with Crippen LogP contribution < -0.4 is 0 Å². The van der Waals surface area contributed by atoms with Crippen LogP contribution in [0.1, 0.15) is 6.92 Å². The highest BCUT2D eigenvalue weighted by Crippen LogP contribution is 2.23. The van der Waals surface area contributed by atoms with Gasteiger partial charge in [-0.2, -0.15) is 13.2 Å². The van der Waals surface area contributed by atoms with Crippen LogP contribution >= 0.6 is 0 Å². The predicted molar refractivity (Wildman–Crippen MR) is 38.5 cm³/mol. The first-order chi connectivity index (χ1) is 5.02. The highest BCUT2D eigenvalue weighted by atomic mass is 19.4. The summed E-state index contributed by atoms with van der Waals surface area (Å²) in [5.74, 6) is 0. The fraction of sp³-hybridized carbons (Fsp3) is 0.286. The molecule has 0 fully saturated rings. The fourth-order valence-corrected chi connectivity index (χ4v) is 0.444. The van der Waals surface area contributed by atoms with E-state index in [2.05, 4.69) is 11.6 Å². The molecule has 0 bridgehead atoms. The molecule has 0 aliphatic carbocycles. The Bertz CT molecular complexity index is 188. The Balaban J connectivity index is 4.45. The van der Waals surface area contributed by atoms with Gasteiger partial charge in [0.2, 0.25) is 0 Å². The molecule has 0 saturated heterocycles. The molecule has 0 amide bonds. The normalized spacial score (nSPS) is 14.0. The maximum Gasteiger partial charge on any atom is 0.417 e. The molecular formula is C7H8F3N. The molecule has 0 aliphatic rings. The molecular weight excluding hydrogens is 155 g/mol. The summed E-state index contributed by atoms with van der Waals surface area (Å²) in [6, 6.07) is 0. The van der Waals surface area contributed by atoms with Crippen molar-refractivity contribution in [2.24, 2.45) is 4.99 Å². The van der Waals surface area contributed by atoms with Gasteiger partial charge in [0.15, 0.2) is 0 Å². The highest BCUT2D eigenvalue weighted by molar-refractivity contribution is 5.80. The minimum Gasteiger partial charge on any atom is -0.265 e. The van der Waals surface area contributed by atoms with Gasteiger partial charge >= 0.3 is 6.18 Å². The molecule has 0 saturated carbocycles. The summed E-state index contributed by atoms with van der Waals surface area (Å²) >= 11 is 0. The van der Waals surface area contributed by atoms with Gasteiger partial charge in [-0.15, -0.1) is 0 Å². The van der Waals surface area contributed by atoms with Crippen molar-refractivity contribution in [2.75, 3.05) is 0 Å². The van der Waals surface area contributed by atoms with E-state index < -0.39 is 11.7 Å². The van der Waals surface area contributed by atoms with Crippen LogP contribution in [0.2, 0.25) is 0 Å². The Morgan fingerprint density at radius 2 is 2.00 bits per heavy atom. The van der Waals surface area contributed by atoms with Crippen LogP contribution in [0, 0.1) is 0 Å². The largest absolute Gasteiger partial charge is 0.417 e. The molecule has 0 atom stereocenters. The van der Waals surface area contributed by atoms with Crippen molar-refractivity contribution in [1.29, 1.82) is 0 Å². The summed E-state index contributed by atoms with van der Waals surface area (Å²) in [6.07, 6.45) is -1.59. The molecule has 0 radical (unpaired) electrons. The standard InChI is InChI=1S/C7H8F3N/c1-3-6(5-11-4-2)7(8,9)10/h3-5H,2H2,1H3/b6-3+,11-5-. The van der Waals surface area contributed by atoms with Gasteiger partial charge in [0.1, 0.15) is 0 Å². The summed E-state index contributed by atoms with van der Waals surface area (Å²) in [5.41, 5.74) is -0.766. The molecule has 11 heavy (non-hydrogen) atoms. The molecule has 62 valence electrons. The van der Waals surface area contributed by atoms with E-state index >= 15 is 0 Å². The molecule has 0 aromatic rings. The molecule has 0 aromatic heterocycles. The van der Waals surface area contributed by atoms with Crippen LogP contribution in [0.5, 0.6) is 0 Å². The SMILES string of the molecule is C=C/N=C\C(=C/C)C(F)(F)F. The van der Waals surface area contributed by atoms with Crippen molar-refractivity contribution in [3.05, 3.63) is 24.4 Å². The Hall–Kier alpha value is -1.06. The molecule has 0 N–H and O–H groups in total. The summed E-state index contributed by atoms with van der Waals surface area (Å²) in [6.45, 7) is 4.46. The average molecular weight is 163 g/mol. The van der Waals surface area contributed by atoms with Crippen LogP contribution in [0.25, 0.3) is 0 Å². The van der Waals surface area contributed by atoms with Crippen molar-refractivity contribution in [2.45, 2.75) is 13.1 Å². The fourth-order valence-electron chi connectivity index (χ4n) is 0.444. The third kappa shape index (κ3) is 3.60. The smallest absolute Gasteiger partial charge is 0.265 e. The van der Waals surface area contributed by atoms with Gasteiger partial charge < -0.3 is 0 Å². The first-order valence-electron chi connectivity index (χ1n) is 2.90. The lowest BCUT2D eigenvalue weighted by molar-refractivity contribution is -0.0857. The zero-order valence-electron chi connectivity index (χ0n) is 6.02. The van der Waals surface area contributed by atoms with Gasteiger partial charge in [0.25, 0.3) is 0 Å². The maximum atomic E-state index is 11.8. The molecule has 0 aliphatic heterocycles. The minimum absolute atomic E-state index is 0.729. The van der Waals surface area contributed by atoms with Crippen molar-refractivity contribution in [3.63, 3.8) is 0 Å². The van der Waals surface area contributed by atoms with Crippen molar-refractivity contribution in [3.8, 4) is 0 Å². The number of rotatable bonds is 2. The van der Waals surface area contributed by atoms with Crippen LogP contribution in [0.15, 0.2) is 29.4 Å². The van der Waals surface area contributed by atoms with Gasteiger partial charge in [-0.1, -0.05) is 12.7 Å². The zero-order valence-corrected chi connectivity index (χ0v) is 6.02. The second-order valence-corrected chi connectivity index (χ2v) is 1.70. The monoisotopic (exact) mass is 163 g/mol. The van der Waals surface area contributed by atoms with Crippen molar-refractivity contribution in [1.82, 2.24) is 0 Å². The lowest BCUT2D eigenvalue weighted by atomic mass is 10.3. The number of allylic oxidation sites excluding steroid dienone is 2. The van der Waals surface area contributed by atoms with E-state index in [0.717, 1.165) is 18.5 Å². The summed E-state index contributed by atoms with van der Waals surface area (Å²) < 4.78 is 35.5. The average Bonchev–Trinajstić information content (AvgIpc) is 1.87. The van der Waals surface area contributed by atoms with Gasteiger partial charge in [-0.25, -0.2) is 0 Å². The van der Waals surface area contributed by atoms with E-state index in [4.69, 9.17) is 0 Å². The molecule has 4 heteroatoms. The predicted octanol–water partition coefficient (Wildman–Crippen LogP) is 2.71. The number of alkyl halides is 3. The first kappa shape index (κ1) is 9.94. The van der Waals surface area contributed by atoms with Crippen molar-refractivity contribution < 1.29 is 13.2 Å². The van der Waals surface area contributed by atoms with Gasteiger partial charge in [-0.05, 0) is 6.92 Å². The molecule has 0 spiro atoms. The highest BCUT2D eigenvalue weighted by Gasteiger charge is 2.31. The van der Waals surface area contributed by atoms with E-state index in [1.54, 1.807) is 0 Å². The number of aliphatic imine (C=N–C) groups is 1. The first-order valence-corrected chi connectivity index (χ1v) is 2.90. The second-order valence-electron chi connectivity index (χ2n) is 1.70. The summed E-state index contributed by atoms with van der Waals surface area (Å²) in [4.78, 5) is 3.26. The zero-order chi connectivity index (χ0) is 8.91. The third-order valence-corrected chi connectivity index (χ3v) is 0.957. The Morgan fingerprint density at radius 1 is 1.45 bits per heavy atom. The summed E-state index contributed by atoms with van der Waals surface area (Å²) in [7, 11) is 0. The van der Waals surface area contributed by atoms with Crippen LogP contribution in [-0.2, 0) is 0 Å². The van der Waals surface area contributed by atoms with Crippen LogP contribution in [0.4, 0.5) is 13.2 Å². The molecule has 0 heterocycles. The van der Waals surface area contributed by atoms with E-state index in [1.165, 1.54) is 6.92 Å². The van der Waals surface area contributed by atoms with Gasteiger partial charge in [-0.3, -0.25) is 4.99 Å². The topological polar surface area (TPSA) is 12.4 Å². The Labute approximate surface area is 62.9 Å². The van der Waals surface area contributed by atoms with Crippen molar-refractivity contribution >= 4 is 6.21 Å². The third-order valence-electron chi connectivity index (χ3n) is 0.957.